The van der Waals surface area contributed by atoms with Crippen LogP contribution in [0.3, 0.4) is 0 Å². The highest BCUT2D eigenvalue weighted by molar-refractivity contribution is 5.80. The average molecular weight is 401 g/mol. The molecule has 29 heavy (non-hydrogen) atoms. The van der Waals surface area contributed by atoms with Crippen LogP contribution in [0.2, 0.25) is 0 Å². The molecule has 2 aromatic heterocycles. The molecule has 0 saturated carbocycles. The maximum Gasteiger partial charge on any atom is 0.234 e. The lowest BCUT2D eigenvalue weighted by Crippen LogP contribution is -2.54. The van der Waals surface area contributed by atoms with Crippen LogP contribution in [0.1, 0.15) is 26.1 Å². The van der Waals surface area contributed by atoms with Crippen LogP contribution in [0.4, 0.5) is 0 Å². The number of piperazine rings is 1. The van der Waals surface area contributed by atoms with Crippen molar-refractivity contribution in [2.45, 2.75) is 32.7 Å². The van der Waals surface area contributed by atoms with Gasteiger partial charge in [-0.15, -0.1) is 10.2 Å². The molecule has 0 unspecified atom stereocenters. The molecule has 2 aromatic rings. The molecule has 1 amide bonds. The van der Waals surface area contributed by atoms with E-state index in [9.17, 15) is 4.79 Å². The Bertz CT molecular complexity index is 823. The van der Waals surface area contributed by atoms with Gasteiger partial charge in [0.2, 0.25) is 5.91 Å². The van der Waals surface area contributed by atoms with Crippen LogP contribution >= 0.6 is 0 Å². The van der Waals surface area contributed by atoms with Gasteiger partial charge in [-0.25, -0.2) is 0 Å². The SMILES string of the molecule is CN=C(NCCCc1nnc2ccccn12)N1CCN(CC(=O)NC(C)C)CC1. The molecule has 0 radical (unpaired) electrons. The molecule has 1 aliphatic rings. The Kier molecular flexibility index (Phi) is 7.40. The molecule has 0 bridgehead atoms. The lowest BCUT2D eigenvalue weighted by atomic mass is 10.3. The van der Waals surface area contributed by atoms with E-state index in [0.29, 0.717) is 6.54 Å². The number of hydrogen-bond donors (Lipinski definition) is 2. The molecule has 1 aliphatic heterocycles. The van der Waals surface area contributed by atoms with Crippen molar-refractivity contribution in [3.63, 3.8) is 0 Å². The molecular formula is C20H32N8O. The third-order valence-electron chi connectivity index (χ3n) is 4.95. The number of nitrogens with one attached hydrogen (secondary N) is 2. The van der Waals surface area contributed by atoms with Gasteiger partial charge in [0, 0.05) is 58.4 Å². The molecule has 2 N–H and O–H groups in total. The number of nitrogens with zero attached hydrogens (tertiary/aromatic N) is 6. The summed E-state index contributed by atoms with van der Waals surface area (Å²) in [6.07, 6.45) is 3.80. The van der Waals surface area contributed by atoms with E-state index in [1.54, 1.807) is 0 Å². The van der Waals surface area contributed by atoms with E-state index in [-0.39, 0.29) is 11.9 Å². The maximum atomic E-state index is 11.9. The normalized spacial score (nSPS) is 15.9. The zero-order chi connectivity index (χ0) is 20.6. The van der Waals surface area contributed by atoms with Crippen molar-refractivity contribution in [1.82, 2.24) is 35.0 Å². The minimum absolute atomic E-state index is 0.0944. The Morgan fingerprint density at radius 1 is 1.21 bits per heavy atom. The number of fused-ring (bicyclic) bond motifs is 1. The third kappa shape index (κ3) is 5.90. The number of aliphatic imine (C=N–C) groups is 1. The fourth-order valence-corrected chi connectivity index (χ4v) is 3.53. The first-order chi connectivity index (χ1) is 14.1. The topological polar surface area (TPSA) is 90.2 Å². The van der Waals surface area contributed by atoms with Gasteiger partial charge < -0.3 is 15.5 Å². The number of amides is 1. The van der Waals surface area contributed by atoms with E-state index in [4.69, 9.17) is 0 Å². The molecule has 0 aromatic carbocycles. The number of guanidine groups is 1. The van der Waals surface area contributed by atoms with Crippen molar-refractivity contribution in [3.8, 4) is 0 Å². The first-order valence-corrected chi connectivity index (χ1v) is 10.3. The fourth-order valence-electron chi connectivity index (χ4n) is 3.53. The summed E-state index contributed by atoms with van der Waals surface area (Å²) in [5.41, 5.74) is 0.881. The molecule has 1 saturated heterocycles. The second-order valence-corrected chi connectivity index (χ2v) is 7.61. The van der Waals surface area contributed by atoms with Crippen molar-refractivity contribution < 1.29 is 4.79 Å². The van der Waals surface area contributed by atoms with Gasteiger partial charge in [-0.2, -0.15) is 0 Å². The van der Waals surface area contributed by atoms with Crippen molar-refractivity contribution in [3.05, 3.63) is 30.2 Å². The number of carbonyl (C=O) groups excluding carboxylic acids is 1. The first kappa shape index (κ1) is 21.0. The average Bonchev–Trinajstić information content (AvgIpc) is 3.11. The smallest absolute Gasteiger partial charge is 0.234 e. The summed E-state index contributed by atoms with van der Waals surface area (Å²) in [6.45, 7) is 8.70. The Morgan fingerprint density at radius 2 is 2.00 bits per heavy atom. The van der Waals surface area contributed by atoms with Gasteiger partial charge in [0.15, 0.2) is 11.6 Å². The summed E-state index contributed by atoms with van der Waals surface area (Å²) < 4.78 is 2.03. The molecule has 3 heterocycles. The summed E-state index contributed by atoms with van der Waals surface area (Å²) in [5, 5.41) is 14.9. The lowest BCUT2D eigenvalue weighted by molar-refractivity contribution is -0.123. The van der Waals surface area contributed by atoms with Gasteiger partial charge in [0.1, 0.15) is 5.82 Å². The second-order valence-electron chi connectivity index (χ2n) is 7.61. The molecule has 0 atom stereocenters. The number of hydrogen-bond acceptors (Lipinski definition) is 5. The van der Waals surface area contributed by atoms with Gasteiger partial charge in [0.25, 0.3) is 0 Å². The number of aromatic nitrogens is 3. The third-order valence-corrected chi connectivity index (χ3v) is 4.95. The number of carbonyl (C=O) groups is 1. The summed E-state index contributed by atoms with van der Waals surface area (Å²) in [4.78, 5) is 20.8. The van der Waals surface area contributed by atoms with Gasteiger partial charge in [-0.1, -0.05) is 6.07 Å². The van der Waals surface area contributed by atoms with Crippen LogP contribution in [0.25, 0.3) is 5.65 Å². The van der Waals surface area contributed by atoms with Gasteiger partial charge in [-0.3, -0.25) is 19.1 Å². The molecule has 0 spiro atoms. The largest absolute Gasteiger partial charge is 0.356 e. The quantitative estimate of drug-likeness (QED) is 0.397. The highest BCUT2D eigenvalue weighted by Gasteiger charge is 2.21. The summed E-state index contributed by atoms with van der Waals surface area (Å²) in [7, 11) is 1.82. The van der Waals surface area contributed by atoms with Crippen LogP contribution < -0.4 is 10.6 Å². The van der Waals surface area contributed by atoms with E-state index >= 15 is 0 Å². The molecule has 0 aliphatic carbocycles. The van der Waals surface area contributed by atoms with Gasteiger partial charge >= 0.3 is 0 Å². The van der Waals surface area contributed by atoms with Crippen LogP contribution in [-0.2, 0) is 11.2 Å². The number of aryl methyl sites for hydroxylation is 1. The van der Waals surface area contributed by atoms with Crippen LogP contribution in [0, 0.1) is 0 Å². The Balaban J connectivity index is 1.39. The van der Waals surface area contributed by atoms with Crippen LogP contribution in [-0.4, -0.2) is 88.6 Å². The highest BCUT2D eigenvalue weighted by atomic mass is 16.2. The van der Waals surface area contributed by atoms with Gasteiger partial charge in [-0.05, 0) is 32.4 Å². The van der Waals surface area contributed by atoms with Gasteiger partial charge in [0.05, 0.1) is 6.54 Å². The van der Waals surface area contributed by atoms with E-state index in [0.717, 1.165) is 63.0 Å². The summed E-state index contributed by atoms with van der Waals surface area (Å²) >= 11 is 0. The zero-order valence-corrected chi connectivity index (χ0v) is 17.6. The predicted molar refractivity (Wildman–Crippen MR) is 114 cm³/mol. The number of pyridine rings is 1. The van der Waals surface area contributed by atoms with E-state index in [1.807, 2.05) is 49.7 Å². The molecule has 158 valence electrons. The highest BCUT2D eigenvalue weighted by Crippen LogP contribution is 2.05. The Hall–Kier alpha value is -2.68. The van der Waals surface area contributed by atoms with Crippen molar-refractivity contribution in [2.75, 3.05) is 46.3 Å². The van der Waals surface area contributed by atoms with E-state index < -0.39 is 0 Å². The molecule has 3 rings (SSSR count). The Morgan fingerprint density at radius 3 is 2.72 bits per heavy atom. The summed E-state index contributed by atoms with van der Waals surface area (Å²) in [5.74, 6) is 1.99. The molecule has 9 nitrogen and oxygen atoms in total. The minimum Gasteiger partial charge on any atom is -0.356 e. The van der Waals surface area contributed by atoms with E-state index in [1.165, 1.54) is 0 Å². The molecule has 1 fully saturated rings. The predicted octanol–water partition coefficient (Wildman–Crippen LogP) is 0.380. The van der Waals surface area contributed by atoms with Crippen molar-refractivity contribution in [1.29, 1.82) is 0 Å². The lowest BCUT2D eigenvalue weighted by Gasteiger charge is -2.36. The number of rotatable bonds is 7. The maximum absolute atomic E-state index is 11.9. The molecule has 9 heteroatoms. The monoisotopic (exact) mass is 400 g/mol. The Labute approximate surface area is 172 Å². The van der Waals surface area contributed by atoms with Crippen LogP contribution in [0.15, 0.2) is 29.4 Å². The summed E-state index contributed by atoms with van der Waals surface area (Å²) in [6, 6.07) is 6.10. The van der Waals surface area contributed by atoms with E-state index in [2.05, 4.69) is 35.6 Å². The zero-order valence-electron chi connectivity index (χ0n) is 17.6. The minimum atomic E-state index is 0.0944. The standard InChI is InChI=1S/C20H32N8O/c1-16(2)23-19(29)15-26-11-13-27(14-12-26)20(21-3)22-9-6-8-18-25-24-17-7-4-5-10-28(17)18/h4-5,7,10,16H,6,8-9,11-15H2,1-3H3,(H,21,22)(H,23,29). The molecular weight excluding hydrogens is 368 g/mol. The van der Waals surface area contributed by atoms with Crippen LogP contribution in [0.5, 0.6) is 0 Å². The first-order valence-electron chi connectivity index (χ1n) is 10.3. The van der Waals surface area contributed by atoms with Crippen molar-refractivity contribution >= 4 is 17.5 Å². The van der Waals surface area contributed by atoms with Crippen molar-refractivity contribution in [2.24, 2.45) is 4.99 Å². The second kappa shape index (κ2) is 10.2. The fraction of sp³-hybridized carbons (Fsp3) is 0.600.